The molecule has 0 unspecified atom stereocenters. The maximum atomic E-state index is 13.6. The highest BCUT2D eigenvalue weighted by Crippen LogP contribution is 2.38. The molecule has 42 heavy (non-hydrogen) atoms. The highest BCUT2D eigenvalue weighted by Gasteiger charge is 2.38. The fourth-order valence-electron chi connectivity index (χ4n) is 4.99. The van der Waals surface area contributed by atoms with Crippen molar-refractivity contribution in [1.82, 2.24) is 19.6 Å². The number of thioether (sulfide) groups is 1. The van der Waals surface area contributed by atoms with Crippen LogP contribution in [0.3, 0.4) is 0 Å². The summed E-state index contributed by atoms with van der Waals surface area (Å²) in [6.45, 7) is 1.09. The molecule has 1 atom stereocenters. The lowest BCUT2D eigenvalue weighted by Crippen LogP contribution is -2.39. The molecule has 222 valence electrons. The minimum absolute atomic E-state index is 0.0625. The third kappa shape index (κ3) is 6.31. The summed E-state index contributed by atoms with van der Waals surface area (Å²) in [5.41, 5.74) is 3.27. The summed E-state index contributed by atoms with van der Waals surface area (Å²) >= 11 is 1.21. The Bertz CT molecular complexity index is 1610. The third-order valence-electron chi connectivity index (χ3n) is 7.11. The molecule has 2 N–H and O–H groups in total. The van der Waals surface area contributed by atoms with E-state index >= 15 is 0 Å². The van der Waals surface area contributed by atoms with Gasteiger partial charge in [-0.25, -0.2) is 0 Å². The number of likely N-dealkylation sites (N-methyl/N-ethyl adjacent to an activating group) is 1. The molecule has 5 rings (SSSR count). The predicted molar refractivity (Wildman–Crippen MR) is 145 cm³/mol. The van der Waals surface area contributed by atoms with Crippen LogP contribution in [-0.2, 0) is 28.5 Å². The molecule has 8 nitrogen and oxygen atoms in total. The van der Waals surface area contributed by atoms with Gasteiger partial charge in [-0.3, -0.25) is 19.2 Å². The van der Waals surface area contributed by atoms with Crippen molar-refractivity contribution in [3.8, 4) is 0 Å². The molecular weight excluding hydrogens is 586 g/mol. The van der Waals surface area contributed by atoms with Crippen molar-refractivity contribution < 1.29 is 35.9 Å². The molecule has 15 heteroatoms. The zero-order valence-corrected chi connectivity index (χ0v) is 22.9. The first-order valence-corrected chi connectivity index (χ1v) is 13.5. The topological polar surface area (TPSA) is 96.8 Å². The van der Waals surface area contributed by atoms with E-state index in [4.69, 9.17) is 5.73 Å². The summed E-state index contributed by atoms with van der Waals surface area (Å²) in [4.78, 5) is 32.3. The lowest BCUT2D eigenvalue weighted by molar-refractivity contribution is -0.143. The van der Waals surface area contributed by atoms with E-state index in [9.17, 15) is 35.9 Å². The number of rotatable bonds is 6. The molecule has 1 saturated heterocycles. The van der Waals surface area contributed by atoms with Gasteiger partial charge < -0.3 is 10.6 Å². The van der Waals surface area contributed by atoms with Crippen LogP contribution < -0.4 is 5.73 Å². The second kappa shape index (κ2) is 11.1. The van der Waals surface area contributed by atoms with Crippen molar-refractivity contribution in [2.24, 2.45) is 10.7 Å². The number of carbonyl (C=O) groups excluding carboxylic acids is 2. The molecule has 2 amide bonds. The Morgan fingerprint density at radius 1 is 1.14 bits per heavy atom. The van der Waals surface area contributed by atoms with Gasteiger partial charge >= 0.3 is 12.4 Å². The number of amidine groups is 1. The van der Waals surface area contributed by atoms with E-state index in [0.29, 0.717) is 45.7 Å². The van der Waals surface area contributed by atoms with Gasteiger partial charge in [0.15, 0.2) is 5.17 Å². The van der Waals surface area contributed by atoms with Gasteiger partial charge in [0, 0.05) is 31.6 Å². The van der Waals surface area contributed by atoms with E-state index in [2.05, 4.69) is 10.1 Å². The smallest absolute Gasteiger partial charge is 0.369 e. The van der Waals surface area contributed by atoms with Crippen molar-refractivity contribution in [2.75, 3.05) is 26.7 Å². The number of amides is 2. The van der Waals surface area contributed by atoms with Gasteiger partial charge in [-0.2, -0.15) is 36.4 Å². The molecule has 0 spiro atoms. The summed E-state index contributed by atoms with van der Waals surface area (Å²) in [6, 6.07) is 6.60. The highest BCUT2D eigenvalue weighted by molar-refractivity contribution is 8.18. The van der Waals surface area contributed by atoms with Gasteiger partial charge in [0.2, 0.25) is 5.91 Å². The van der Waals surface area contributed by atoms with E-state index in [0.717, 1.165) is 12.5 Å². The van der Waals surface area contributed by atoms with Gasteiger partial charge in [-0.05, 0) is 59.7 Å². The van der Waals surface area contributed by atoms with E-state index in [1.165, 1.54) is 22.6 Å². The van der Waals surface area contributed by atoms with Crippen molar-refractivity contribution in [3.05, 3.63) is 69.8 Å². The normalized spacial score (nSPS) is 19.2. The number of nitrogens with zero attached hydrogens (tertiary/aromatic N) is 5. The number of carbonyl (C=O) groups is 2. The summed E-state index contributed by atoms with van der Waals surface area (Å²) in [5.74, 6) is -0.814. The van der Waals surface area contributed by atoms with Crippen molar-refractivity contribution in [2.45, 2.75) is 31.4 Å². The minimum Gasteiger partial charge on any atom is -0.369 e. The molecule has 3 aromatic rings. The van der Waals surface area contributed by atoms with Gasteiger partial charge in [0.05, 0.1) is 40.8 Å². The molecule has 0 radical (unpaired) electrons. The van der Waals surface area contributed by atoms with E-state index in [-0.39, 0.29) is 24.2 Å². The summed E-state index contributed by atoms with van der Waals surface area (Å²) in [7, 11) is 1.84. The maximum Gasteiger partial charge on any atom is 0.416 e. The Balaban J connectivity index is 1.32. The number of nitrogens with two attached hydrogens (primary N) is 1. The Morgan fingerprint density at radius 3 is 2.60 bits per heavy atom. The number of hydrogen-bond acceptors (Lipinski definition) is 6. The molecule has 0 bridgehead atoms. The first-order chi connectivity index (χ1) is 19.7. The molecular formula is C27H24F6N6O2S. The summed E-state index contributed by atoms with van der Waals surface area (Å²) in [6.07, 6.45) is -6.02. The molecule has 0 aliphatic carbocycles. The first kappa shape index (κ1) is 29.6. The molecule has 2 aromatic carbocycles. The van der Waals surface area contributed by atoms with Crippen LogP contribution in [0.25, 0.3) is 17.0 Å². The number of hydrogen-bond donors (Lipinski definition) is 1. The zero-order chi connectivity index (χ0) is 30.4. The Morgan fingerprint density at radius 2 is 1.90 bits per heavy atom. The number of alkyl halides is 6. The quantitative estimate of drug-likeness (QED) is 0.324. The molecule has 2 aliphatic rings. The van der Waals surface area contributed by atoms with Gasteiger partial charge in [0.1, 0.15) is 0 Å². The standard InChI is InChI=1S/C27H24F6N6O2S/c1-37(19-6-7-38(13-19)14-23(34)40)25-36-24(41)22(42-25)9-15-2-5-21-17(8-15)11-35-39(21)12-16-3-4-18(26(28,29)30)10-20(16)27(31,32)33/h2-5,8-11,19H,6-7,12-14H2,1H3,(H2,34,40)/b22-9+/t19-/m1/s1. The number of aromatic nitrogens is 2. The van der Waals surface area contributed by atoms with Gasteiger partial charge in [-0.15, -0.1) is 0 Å². The van der Waals surface area contributed by atoms with E-state index in [1.54, 1.807) is 24.3 Å². The molecule has 0 saturated carbocycles. The van der Waals surface area contributed by atoms with Crippen LogP contribution in [-0.4, -0.2) is 69.3 Å². The SMILES string of the molecule is CN(C1=NC(=O)/C(=C\c2ccc3c(cnn3Cc3ccc(C(F)(F)F)cc3C(F)(F)F)c2)S1)[C@@H]1CCN(CC(N)=O)C1. The van der Waals surface area contributed by atoms with E-state index in [1.807, 2.05) is 16.8 Å². The van der Waals surface area contributed by atoms with Crippen LogP contribution >= 0.6 is 11.8 Å². The van der Waals surface area contributed by atoms with E-state index < -0.39 is 41.8 Å². The number of primary amides is 1. The van der Waals surface area contributed by atoms with Crippen LogP contribution in [0.5, 0.6) is 0 Å². The Hall–Kier alpha value is -3.85. The fraction of sp³-hybridized carbons (Fsp3) is 0.333. The lowest BCUT2D eigenvalue weighted by Gasteiger charge is -2.25. The van der Waals surface area contributed by atoms with Crippen LogP contribution in [0, 0.1) is 0 Å². The maximum absolute atomic E-state index is 13.6. The molecule has 2 aliphatic heterocycles. The number of fused-ring (bicyclic) bond motifs is 1. The lowest BCUT2D eigenvalue weighted by atomic mass is 10.0. The highest BCUT2D eigenvalue weighted by atomic mass is 32.2. The van der Waals surface area contributed by atoms with Crippen molar-refractivity contribution in [1.29, 1.82) is 0 Å². The number of aliphatic imine (C=N–C) groups is 1. The van der Waals surface area contributed by atoms with Gasteiger partial charge in [0.25, 0.3) is 5.91 Å². The first-order valence-electron chi connectivity index (χ1n) is 12.7. The fourth-order valence-corrected chi connectivity index (χ4v) is 5.93. The predicted octanol–water partition coefficient (Wildman–Crippen LogP) is 4.58. The number of halogens is 6. The molecule has 1 fully saturated rings. The monoisotopic (exact) mass is 610 g/mol. The average molecular weight is 611 g/mol. The Labute approximate surface area is 239 Å². The van der Waals surface area contributed by atoms with Crippen LogP contribution in [0.1, 0.15) is 28.7 Å². The van der Waals surface area contributed by atoms with Gasteiger partial charge in [-0.1, -0.05) is 12.1 Å². The summed E-state index contributed by atoms with van der Waals surface area (Å²) in [5, 5.41) is 5.25. The zero-order valence-electron chi connectivity index (χ0n) is 22.0. The second-order valence-electron chi connectivity index (χ2n) is 10.1. The second-order valence-corrected chi connectivity index (χ2v) is 11.1. The summed E-state index contributed by atoms with van der Waals surface area (Å²) < 4.78 is 81.2. The van der Waals surface area contributed by atoms with Crippen molar-refractivity contribution >= 4 is 45.7 Å². The third-order valence-corrected chi connectivity index (χ3v) is 8.19. The number of benzene rings is 2. The average Bonchev–Trinajstić information content (AvgIpc) is 3.61. The Kier molecular flexibility index (Phi) is 7.83. The number of likely N-dealkylation sites (tertiary alicyclic amines) is 1. The molecule has 1 aromatic heterocycles. The van der Waals surface area contributed by atoms with Crippen molar-refractivity contribution in [3.63, 3.8) is 0 Å². The largest absolute Gasteiger partial charge is 0.416 e. The van der Waals surface area contributed by atoms with Crippen LogP contribution in [0.15, 0.2) is 52.5 Å². The minimum atomic E-state index is -4.99. The van der Waals surface area contributed by atoms with Crippen LogP contribution in [0.4, 0.5) is 26.3 Å². The molecule has 3 heterocycles. The van der Waals surface area contributed by atoms with Crippen LogP contribution in [0.2, 0.25) is 0 Å².